The van der Waals surface area contributed by atoms with Crippen LogP contribution in [0.5, 0.6) is 0 Å². The highest BCUT2D eigenvalue weighted by molar-refractivity contribution is 5.50. The first-order valence-corrected chi connectivity index (χ1v) is 7.16. The zero-order valence-corrected chi connectivity index (χ0v) is 11.7. The zero-order valence-electron chi connectivity index (χ0n) is 11.7. The minimum Gasteiger partial charge on any atom is -0.390 e. The van der Waals surface area contributed by atoms with Crippen LogP contribution in [0.25, 0.3) is 11.5 Å². The number of hydrogen-bond donors (Lipinski definition) is 2. The molecule has 0 aromatic carbocycles. The third kappa shape index (κ3) is 2.46. The van der Waals surface area contributed by atoms with Gasteiger partial charge in [-0.2, -0.15) is 0 Å². The van der Waals surface area contributed by atoms with Gasteiger partial charge in [-0.1, -0.05) is 13.0 Å². The average Bonchev–Trinajstić information content (AvgIpc) is 2.97. The number of β-amino-alcohol motifs (C(OH)–C–C–N with tert-alkyl or cyclic N) is 1. The fourth-order valence-electron chi connectivity index (χ4n) is 2.70. The number of nitrogens with zero attached hydrogens (tertiary/aromatic N) is 3. The second kappa shape index (κ2) is 5.73. The van der Waals surface area contributed by atoms with Crippen LogP contribution in [0.15, 0.2) is 30.7 Å². The van der Waals surface area contributed by atoms with Crippen LogP contribution in [0.1, 0.15) is 24.9 Å². The van der Waals surface area contributed by atoms with E-state index in [2.05, 4.69) is 32.8 Å². The topological polar surface area (TPSA) is 63.0 Å². The largest absolute Gasteiger partial charge is 0.390 e. The molecular formula is C15H20N4O. The van der Waals surface area contributed by atoms with E-state index in [0.29, 0.717) is 6.54 Å². The van der Waals surface area contributed by atoms with E-state index in [1.165, 1.54) is 5.56 Å². The van der Waals surface area contributed by atoms with Gasteiger partial charge in [-0.05, 0) is 31.0 Å². The van der Waals surface area contributed by atoms with Crippen molar-refractivity contribution in [3.8, 4) is 11.5 Å². The molecule has 0 saturated carbocycles. The van der Waals surface area contributed by atoms with Crippen molar-refractivity contribution >= 4 is 0 Å². The predicted molar refractivity (Wildman–Crippen MR) is 77.4 cm³/mol. The lowest BCUT2D eigenvalue weighted by molar-refractivity contribution is 0.0880. The Labute approximate surface area is 118 Å². The molecule has 2 N–H and O–H groups in total. The van der Waals surface area contributed by atoms with Crippen molar-refractivity contribution in [1.29, 1.82) is 0 Å². The Balaban J connectivity index is 1.92. The van der Waals surface area contributed by atoms with Crippen LogP contribution in [0.3, 0.4) is 0 Å². The molecule has 0 aliphatic carbocycles. The molecule has 0 spiro atoms. The number of aromatic nitrogens is 3. The Morgan fingerprint density at radius 3 is 3.00 bits per heavy atom. The van der Waals surface area contributed by atoms with Gasteiger partial charge in [-0.25, -0.2) is 4.98 Å². The maximum absolute atomic E-state index is 10.2. The normalized spacial score (nSPS) is 22.9. The van der Waals surface area contributed by atoms with Crippen LogP contribution in [0, 0.1) is 0 Å². The molecule has 0 amide bonds. The summed E-state index contributed by atoms with van der Waals surface area (Å²) in [6.07, 6.45) is 7.11. The first-order chi connectivity index (χ1) is 9.79. The molecule has 5 heteroatoms. The van der Waals surface area contributed by atoms with Crippen molar-refractivity contribution in [3.63, 3.8) is 0 Å². The number of imidazole rings is 1. The second-order valence-corrected chi connectivity index (χ2v) is 5.19. The van der Waals surface area contributed by atoms with Crippen molar-refractivity contribution < 1.29 is 5.11 Å². The second-order valence-electron chi connectivity index (χ2n) is 5.19. The number of nitrogens with one attached hydrogen (secondary N) is 1. The van der Waals surface area contributed by atoms with E-state index in [9.17, 15) is 5.11 Å². The lowest BCUT2D eigenvalue weighted by Gasteiger charge is -2.30. The van der Waals surface area contributed by atoms with Crippen LogP contribution < -0.4 is 5.32 Å². The van der Waals surface area contributed by atoms with Gasteiger partial charge in [0.15, 0.2) is 5.82 Å². The molecule has 5 nitrogen and oxygen atoms in total. The Morgan fingerprint density at radius 2 is 2.30 bits per heavy atom. The van der Waals surface area contributed by atoms with E-state index in [1.54, 1.807) is 6.20 Å². The number of rotatable bonds is 3. The molecule has 1 saturated heterocycles. The van der Waals surface area contributed by atoms with Gasteiger partial charge in [0.1, 0.15) is 5.69 Å². The predicted octanol–water partition coefficient (Wildman–Crippen LogP) is 1.40. The molecule has 0 radical (unpaired) electrons. The van der Waals surface area contributed by atoms with E-state index in [0.717, 1.165) is 30.9 Å². The number of aliphatic hydroxyl groups is 1. The first kappa shape index (κ1) is 13.3. The third-order valence-corrected chi connectivity index (χ3v) is 3.90. The monoisotopic (exact) mass is 272 g/mol. The van der Waals surface area contributed by atoms with Gasteiger partial charge in [0.2, 0.25) is 0 Å². The summed E-state index contributed by atoms with van der Waals surface area (Å²) in [4.78, 5) is 8.91. The van der Waals surface area contributed by atoms with E-state index >= 15 is 0 Å². The number of hydrogen-bond acceptors (Lipinski definition) is 4. The molecular weight excluding hydrogens is 252 g/mol. The van der Waals surface area contributed by atoms with E-state index < -0.39 is 0 Å². The van der Waals surface area contributed by atoms with Gasteiger partial charge in [0, 0.05) is 25.1 Å². The highest BCUT2D eigenvalue weighted by Gasteiger charge is 2.26. The fourth-order valence-corrected chi connectivity index (χ4v) is 2.70. The molecule has 3 rings (SSSR count). The summed E-state index contributed by atoms with van der Waals surface area (Å²) in [5.41, 5.74) is 2.08. The van der Waals surface area contributed by atoms with Crippen LogP contribution in [-0.2, 0) is 6.42 Å². The summed E-state index contributed by atoms with van der Waals surface area (Å²) in [7, 11) is 0. The van der Waals surface area contributed by atoms with E-state index in [1.807, 2.05) is 18.5 Å². The van der Waals surface area contributed by atoms with Crippen molar-refractivity contribution in [1.82, 2.24) is 19.9 Å². The number of piperidine rings is 1. The minimum atomic E-state index is -0.383. The SMILES string of the molecule is CCc1ccc(-c2nccn2[C@H]2CCNC[C@@H]2O)nc1. The maximum Gasteiger partial charge on any atom is 0.158 e. The highest BCUT2D eigenvalue weighted by atomic mass is 16.3. The highest BCUT2D eigenvalue weighted by Crippen LogP contribution is 2.25. The summed E-state index contributed by atoms with van der Waals surface area (Å²) >= 11 is 0. The van der Waals surface area contributed by atoms with Crippen LogP contribution >= 0.6 is 0 Å². The smallest absolute Gasteiger partial charge is 0.158 e. The minimum absolute atomic E-state index is 0.0707. The summed E-state index contributed by atoms with van der Waals surface area (Å²) in [5.74, 6) is 0.832. The average molecular weight is 272 g/mol. The zero-order chi connectivity index (χ0) is 13.9. The van der Waals surface area contributed by atoms with Crippen molar-refractivity contribution in [2.75, 3.05) is 13.1 Å². The molecule has 20 heavy (non-hydrogen) atoms. The summed E-state index contributed by atoms with van der Waals surface area (Å²) in [6.45, 7) is 3.66. The van der Waals surface area contributed by atoms with Crippen molar-refractivity contribution in [3.05, 3.63) is 36.3 Å². The van der Waals surface area contributed by atoms with Gasteiger partial charge in [0.05, 0.1) is 12.1 Å². The molecule has 2 atom stereocenters. The molecule has 106 valence electrons. The van der Waals surface area contributed by atoms with Gasteiger partial charge >= 0.3 is 0 Å². The molecule has 0 bridgehead atoms. The first-order valence-electron chi connectivity index (χ1n) is 7.16. The number of aryl methyl sites for hydroxylation is 1. The quantitative estimate of drug-likeness (QED) is 0.886. The van der Waals surface area contributed by atoms with Crippen molar-refractivity contribution in [2.45, 2.75) is 31.9 Å². The van der Waals surface area contributed by atoms with Crippen LogP contribution in [0.4, 0.5) is 0 Å². The Kier molecular flexibility index (Phi) is 3.80. The molecule has 1 aliphatic rings. The van der Waals surface area contributed by atoms with Gasteiger partial charge < -0.3 is 15.0 Å². The lowest BCUT2D eigenvalue weighted by atomic mass is 10.0. The van der Waals surface area contributed by atoms with Gasteiger partial charge in [-0.15, -0.1) is 0 Å². The Bertz CT molecular complexity index is 564. The summed E-state index contributed by atoms with van der Waals surface area (Å²) < 4.78 is 2.06. The Hall–Kier alpha value is -1.72. The summed E-state index contributed by atoms with van der Waals surface area (Å²) in [6, 6.07) is 4.16. The Morgan fingerprint density at radius 1 is 1.40 bits per heavy atom. The number of aliphatic hydroxyl groups excluding tert-OH is 1. The third-order valence-electron chi connectivity index (χ3n) is 3.90. The van der Waals surface area contributed by atoms with Crippen LogP contribution in [-0.4, -0.2) is 38.8 Å². The molecule has 2 aromatic heterocycles. The molecule has 2 aromatic rings. The maximum atomic E-state index is 10.2. The summed E-state index contributed by atoms with van der Waals surface area (Å²) in [5, 5.41) is 13.4. The van der Waals surface area contributed by atoms with E-state index in [-0.39, 0.29) is 12.1 Å². The van der Waals surface area contributed by atoms with Gasteiger partial charge in [0.25, 0.3) is 0 Å². The van der Waals surface area contributed by atoms with Gasteiger partial charge in [-0.3, -0.25) is 4.98 Å². The van der Waals surface area contributed by atoms with E-state index in [4.69, 9.17) is 0 Å². The molecule has 3 heterocycles. The molecule has 1 aliphatic heterocycles. The lowest BCUT2D eigenvalue weighted by Crippen LogP contribution is -2.41. The molecule has 1 fully saturated rings. The fraction of sp³-hybridized carbons (Fsp3) is 0.467. The number of pyridine rings is 1. The standard InChI is InChI=1S/C15H20N4O/c1-2-11-3-4-12(18-9-11)15-17-7-8-19(15)13-5-6-16-10-14(13)20/h3-4,7-9,13-14,16,20H,2,5-6,10H2,1H3/t13-,14-/m0/s1. The van der Waals surface area contributed by atoms with Crippen molar-refractivity contribution in [2.24, 2.45) is 0 Å². The molecule has 0 unspecified atom stereocenters. The van der Waals surface area contributed by atoms with Crippen LogP contribution in [0.2, 0.25) is 0 Å².